The summed E-state index contributed by atoms with van der Waals surface area (Å²) >= 11 is 0. The SMILES string of the molecule is CNCCOCc1nc(C(C)C)no1. The highest BCUT2D eigenvalue weighted by molar-refractivity contribution is 4.90. The van der Waals surface area contributed by atoms with Crippen molar-refractivity contribution in [2.24, 2.45) is 0 Å². The maximum absolute atomic E-state index is 5.29. The Hall–Kier alpha value is -0.940. The van der Waals surface area contributed by atoms with Crippen LogP contribution in [0.3, 0.4) is 0 Å². The van der Waals surface area contributed by atoms with Gasteiger partial charge in [0.1, 0.15) is 6.61 Å². The summed E-state index contributed by atoms with van der Waals surface area (Å²) in [6.07, 6.45) is 0. The van der Waals surface area contributed by atoms with E-state index in [1.54, 1.807) is 0 Å². The Balaban J connectivity index is 2.29. The summed E-state index contributed by atoms with van der Waals surface area (Å²) in [5, 5.41) is 6.82. The van der Waals surface area contributed by atoms with E-state index in [2.05, 4.69) is 15.5 Å². The Morgan fingerprint density at radius 1 is 1.50 bits per heavy atom. The highest BCUT2D eigenvalue weighted by atomic mass is 16.5. The van der Waals surface area contributed by atoms with Crippen LogP contribution in [0.5, 0.6) is 0 Å². The van der Waals surface area contributed by atoms with E-state index >= 15 is 0 Å². The normalized spacial score (nSPS) is 11.1. The van der Waals surface area contributed by atoms with Crippen molar-refractivity contribution in [3.05, 3.63) is 11.7 Å². The van der Waals surface area contributed by atoms with Gasteiger partial charge in [-0.25, -0.2) is 0 Å². The Labute approximate surface area is 83.8 Å². The minimum atomic E-state index is 0.296. The number of hydrogen-bond donors (Lipinski definition) is 1. The molecule has 1 rings (SSSR count). The van der Waals surface area contributed by atoms with E-state index in [1.165, 1.54) is 0 Å². The summed E-state index contributed by atoms with van der Waals surface area (Å²) in [4.78, 5) is 4.18. The van der Waals surface area contributed by atoms with Crippen molar-refractivity contribution in [2.45, 2.75) is 26.4 Å². The van der Waals surface area contributed by atoms with Crippen molar-refractivity contribution in [3.8, 4) is 0 Å². The molecule has 1 aromatic rings. The van der Waals surface area contributed by atoms with Crippen LogP contribution in [0.25, 0.3) is 0 Å². The topological polar surface area (TPSA) is 60.2 Å². The minimum Gasteiger partial charge on any atom is -0.370 e. The first-order chi connectivity index (χ1) is 6.74. The zero-order chi connectivity index (χ0) is 10.4. The summed E-state index contributed by atoms with van der Waals surface area (Å²) in [6, 6.07) is 0. The number of rotatable bonds is 6. The third-order valence-electron chi connectivity index (χ3n) is 1.72. The summed E-state index contributed by atoms with van der Waals surface area (Å²) in [7, 11) is 1.88. The zero-order valence-corrected chi connectivity index (χ0v) is 8.91. The molecule has 0 atom stereocenters. The molecule has 0 unspecified atom stereocenters. The number of ether oxygens (including phenoxy) is 1. The fraction of sp³-hybridized carbons (Fsp3) is 0.778. The highest BCUT2D eigenvalue weighted by Crippen LogP contribution is 2.09. The van der Waals surface area contributed by atoms with Crippen LogP contribution >= 0.6 is 0 Å². The first-order valence-corrected chi connectivity index (χ1v) is 4.79. The highest BCUT2D eigenvalue weighted by Gasteiger charge is 2.08. The van der Waals surface area contributed by atoms with Crippen LogP contribution < -0.4 is 5.32 Å². The second kappa shape index (κ2) is 5.72. The molecule has 1 aromatic heterocycles. The standard InChI is InChI=1S/C9H17N3O2/c1-7(2)9-11-8(14-12-9)6-13-5-4-10-3/h7,10H,4-6H2,1-3H3. The van der Waals surface area contributed by atoms with Gasteiger partial charge in [0.2, 0.25) is 0 Å². The molecule has 0 aliphatic carbocycles. The van der Waals surface area contributed by atoms with E-state index < -0.39 is 0 Å². The first-order valence-electron chi connectivity index (χ1n) is 4.79. The molecule has 5 heteroatoms. The van der Waals surface area contributed by atoms with Crippen LogP contribution in [-0.2, 0) is 11.3 Å². The Morgan fingerprint density at radius 3 is 2.86 bits per heavy atom. The average Bonchev–Trinajstić information content (AvgIpc) is 2.61. The summed E-state index contributed by atoms with van der Waals surface area (Å²) in [5.41, 5.74) is 0. The predicted molar refractivity (Wildman–Crippen MR) is 52.0 cm³/mol. The fourth-order valence-corrected chi connectivity index (χ4v) is 0.895. The molecule has 0 fully saturated rings. The van der Waals surface area contributed by atoms with Crippen LogP contribution in [0.2, 0.25) is 0 Å². The third kappa shape index (κ3) is 3.43. The lowest BCUT2D eigenvalue weighted by atomic mass is 10.2. The quantitative estimate of drug-likeness (QED) is 0.690. The Kier molecular flexibility index (Phi) is 4.55. The lowest BCUT2D eigenvalue weighted by molar-refractivity contribution is 0.100. The van der Waals surface area contributed by atoms with Crippen LogP contribution in [-0.4, -0.2) is 30.3 Å². The van der Waals surface area contributed by atoms with E-state index in [1.807, 2.05) is 20.9 Å². The van der Waals surface area contributed by atoms with Crippen LogP contribution in [0.15, 0.2) is 4.52 Å². The van der Waals surface area contributed by atoms with Gasteiger partial charge in [0.25, 0.3) is 5.89 Å². The monoisotopic (exact) mass is 199 g/mol. The Morgan fingerprint density at radius 2 is 2.29 bits per heavy atom. The average molecular weight is 199 g/mol. The minimum absolute atomic E-state index is 0.296. The van der Waals surface area contributed by atoms with Gasteiger partial charge in [-0.3, -0.25) is 0 Å². The van der Waals surface area contributed by atoms with Crippen LogP contribution in [0, 0.1) is 0 Å². The Bertz CT molecular complexity index is 260. The molecule has 0 spiro atoms. The van der Waals surface area contributed by atoms with Gasteiger partial charge < -0.3 is 14.6 Å². The van der Waals surface area contributed by atoms with Gasteiger partial charge in [-0.2, -0.15) is 4.98 Å². The molecule has 1 N–H and O–H groups in total. The van der Waals surface area contributed by atoms with Crippen LogP contribution in [0.1, 0.15) is 31.5 Å². The summed E-state index contributed by atoms with van der Waals surface area (Å²) < 4.78 is 10.3. The number of nitrogens with one attached hydrogen (secondary N) is 1. The molecule has 0 aliphatic rings. The fourth-order valence-electron chi connectivity index (χ4n) is 0.895. The lowest BCUT2D eigenvalue weighted by Gasteiger charge is -1.98. The smallest absolute Gasteiger partial charge is 0.252 e. The molecule has 0 aromatic carbocycles. The maximum atomic E-state index is 5.29. The molecular weight excluding hydrogens is 182 g/mol. The van der Waals surface area contributed by atoms with E-state index in [0.717, 1.165) is 12.4 Å². The van der Waals surface area contributed by atoms with Crippen molar-refractivity contribution in [3.63, 3.8) is 0 Å². The number of nitrogens with zero attached hydrogens (tertiary/aromatic N) is 2. The van der Waals surface area contributed by atoms with Crippen molar-refractivity contribution in [1.29, 1.82) is 0 Å². The second-order valence-corrected chi connectivity index (χ2v) is 3.36. The molecule has 14 heavy (non-hydrogen) atoms. The molecular formula is C9H17N3O2. The van der Waals surface area contributed by atoms with Gasteiger partial charge in [-0.05, 0) is 7.05 Å². The predicted octanol–water partition coefficient (Wildman–Crippen LogP) is 0.929. The van der Waals surface area contributed by atoms with E-state index in [4.69, 9.17) is 9.26 Å². The van der Waals surface area contributed by atoms with Gasteiger partial charge in [-0.1, -0.05) is 19.0 Å². The first kappa shape index (κ1) is 11.1. The molecule has 0 radical (unpaired) electrons. The van der Waals surface area contributed by atoms with Gasteiger partial charge in [0.05, 0.1) is 6.61 Å². The van der Waals surface area contributed by atoms with Gasteiger partial charge >= 0.3 is 0 Å². The molecule has 0 saturated heterocycles. The molecule has 0 amide bonds. The van der Waals surface area contributed by atoms with Gasteiger partial charge in [0.15, 0.2) is 5.82 Å². The third-order valence-corrected chi connectivity index (χ3v) is 1.72. The van der Waals surface area contributed by atoms with Crippen molar-refractivity contribution < 1.29 is 9.26 Å². The van der Waals surface area contributed by atoms with E-state index in [0.29, 0.717) is 25.0 Å². The molecule has 5 nitrogen and oxygen atoms in total. The molecule has 0 aliphatic heterocycles. The van der Waals surface area contributed by atoms with Crippen molar-refractivity contribution in [1.82, 2.24) is 15.5 Å². The van der Waals surface area contributed by atoms with Crippen molar-refractivity contribution in [2.75, 3.05) is 20.2 Å². The van der Waals surface area contributed by atoms with E-state index in [9.17, 15) is 0 Å². The number of aromatic nitrogens is 2. The van der Waals surface area contributed by atoms with Gasteiger partial charge in [0, 0.05) is 12.5 Å². The van der Waals surface area contributed by atoms with E-state index in [-0.39, 0.29) is 0 Å². The molecule has 0 bridgehead atoms. The van der Waals surface area contributed by atoms with Gasteiger partial charge in [-0.15, -0.1) is 0 Å². The molecule has 1 heterocycles. The lowest BCUT2D eigenvalue weighted by Crippen LogP contribution is -2.14. The molecule has 0 saturated carbocycles. The summed E-state index contributed by atoms with van der Waals surface area (Å²) in [6.45, 7) is 5.91. The zero-order valence-electron chi connectivity index (χ0n) is 8.91. The number of hydrogen-bond acceptors (Lipinski definition) is 5. The maximum Gasteiger partial charge on any atom is 0.252 e. The largest absolute Gasteiger partial charge is 0.370 e. The van der Waals surface area contributed by atoms with Crippen LogP contribution in [0.4, 0.5) is 0 Å². The summed E-state index contributed by atoms with van der Waals surface area (Å²) in [5.74, 6) is 1.58. The second-order valence-electron chi connectivity index (χ2n) is 3.36. The number of likely N-dealkylation sites (N-methyl/N-ethyl adjacent to an activating group) is 1. The van der Waals surface area contributed by atoms with Crippen molar-refractivity contribution >= 4 is 0 Å². The molecule has 80 valence electrons.